The molecule has 0 N–H and O–H groups in total. The number of rotatable bonds is 1. The lowest BCUT2D eigenvalue weighted by atomic mass is 9.98. The third-order valence-corrected chi connectivity index (χ3v) is 3.35. The first-order valence-electron chi connectivity index (χ1n) is 6.47. The zero-order chi connectivity index (χ0) is 14.3. The van der Waals surface area contributed by atoms with Crippen LogP contribution in [0.5, 0.6) is 0 Å². The number of hydrogen-bond donors (Lipinski definition) is 1. The maximum Gasteiger partial charge on any atom is 0.254 e. The number of benzene rings is 1. The summed E-state index contributed by atoms with van der Waals surface area (Å²) in [5.41, 5.74) is 0.0346. The Hall–Kier alpha value is -1.00. The molecule has 104 valence electrons. The second-order valence-electron chi connectivity index (χ2n) is 6.33. The fourth-order valence-electron chi connectivity index (χ4n) is 2.75. The Bertz CT molecular complexity index is 481. The van der Waals surface area contributed by atoms with Gasteiger partial charge in [0, 0.05) is 23.5 Å². The van der Waals surface area contributed by atoms with Gasteiger partial charge in [-0.05, 0) is 45.9 Å². The van der Waals surface area contributed by atoms with E-state index in [9.17, 15) is 4.79 Å². The topological polar surface area (TPSA) is 29.5 Å². The summed E-state index contributed by atoms with van der Waals surface area (Å²) in [6, 6.07) is 7.36. The largest absolute Gasteiger partial charge is 0.366 e. The van der Waals surface area contributed by atoms with Gasteiger partial charge in [-0.1, -0.05) is 6.07 Å². The first-order valence-corrected chi connectivity index (χ1v) is 6.92. The normalized spacial score (nSPS) is 21.2. The van der Waals surface area contributed by atoms with Crippen LogP contribution in [-0.4, -0.2) is 35.1 Å². The van der Waals surface area contributed by atoms with Crippen LogP contribution in [0.4, 0.5) is 0 Å². The van der Waals surface area contributed by atoms with E-state index in [0.29, 0.717) is 18.7 Å². The van der Waals surface area contributed by atoms with Crippen LogP contribution in [-0.2, 0) is 4.74 Å². The van der Waals surface area contributed by atoms with E-state index in [1.165, 1.54) is 0 Å². The second kappa shape index (κ2) is 4.84. The van der Waals surface area contributed by atoms with E-state index in [1.807, 2.05) is 50.8 Å². The molecule has 1 aliphatic rings. The Morgan fingerprint density at radius 3 is 2.32 bits per heavy atom. The molecule has 1 amide bonds. The van der Waals surface area contributed by atoms with Crippen molar-refractivity contribution in [3.8, 4) is 0 Å². The summed E-state index contributed by atoms with van der Waals surface area (Å²) in [5.74, 6) is 0.0420. The van der Waals surface area contributed by atoms with Crippen molar-refractivity contribution < 1.29 is 9.53 Å². The lowest BCUT2D eigenvalue weighted by Crippen LogP contribution is -2.58. The van der Waals surface area contributed by atoms with Gasteiger partial charge in [-0.3, -0.25) is 4.79 Å². The Morgan fingerprint density at radius 1 is 1.21 bits per heavy atom. The molecule has 0 saturated carbocycles. The van der Waals surface area contributed by atoms with E-state index in [0.717, 1.165) is 4.90 Å². The first-order chi connectivity index (χ1) is 8.69. The van der Waals surface area contributed by atoms with Crippen LogP contribution in [0.3, 0.4) is 0 Å². The number of nitrogens with zero attached hydrogens (tertiary/aromatic N) is 1. The molecule has 0 aromatic heterocycles. The summed E-state index contributed by atoms with van der Waals surface area (Å²) in [7, 11) is 0. The summed E-state index contributed by atoms with van der Waals surface area (Å²) in [6.45, 7) is 9.27. The van der Waals surface area contributed by atoms with Gasteiger partial charge >= 0.3 is 0 Å². The van der Waals surface area contributed by atoms with E-state index in [2.05, 4.69) is 12.6 Å². The Kier molecular flexibility index (Phi) is 3.67. The number of carbonyl (C=O) groups is 1. The summed E-state index contributed by atoms with van der Waals surface area (Å²) in [5, 5.41) is 0. The molecule has 1 saturated heterocycles. The number of morpholine rings is 1. The lowest BCUT2D eigenvalue weighted by molar-refractivity contribution is -0.171. The van der Waals surface area contributed by atoms with E-state index in [-0.39, 0.29) is 17.1 Å². The molecule has 2 rings (SSSR count). The maximum atomic E-state index is 12.6. The highest BCUT2D eigenvalue weighted by Crippen LogP contribution is 2.29. The van der Waals surface area contributed by atoms with Crippen molar-refractivity contribution in [1.29, 1.82) is 0 Å². The summed E-state index contributed by atoms with van der Waals surface area (Å²) < 4.78 is 5.99. The van der Waals surface area contributed by atoms with E-state index in [1.54, 1.807) is 6.07 Å². The van der Waals surface area contributed by atoms with E-state index >= 15 is 0 Å². The number of ether oxygens (including phenoxy) is 1. The van der Waals surface area contributed by atoms with Crippen molar-refractivity contribution in [2.75, 3.05) is 13.1 Å². The molecule has 0 bridgehead atoms. The summed E-state index contributed by atoms with van der Waals surface area (Å²) in [4.78, 5) is 15.2. The highest BCUT2D eigenvalue weighted by Gasteiger charge is 2.40. The molecule has 1 fully saturated rings. The number of carbonyl (C=O) groups excluding carboxylic acids is 1. The third-order valence-electron chi connectivity index (χ3n) is 3.08. The molecule has 19 heavy (non-hydrogen) atoms. The minimum absolute atomic E-state index is 0.0420. The van der Waals surface area contributed by atoms with Crippen molar-refractivity contribution in [3.05, 3.63) is 29.8 Å². The molecule has 4 heteroatoms. The van der Waals surface area contributed by atoms with Gasteiger partial charge in [0.15, 0.2) is 0 Å². The fourth-order valence-corrected chi connectivity index (χ4v) is 2.98. The van der Waals surface area contributed by atoms with Crippen LogP contribution in [0.1, 0.15) is 38.1 Å². The van der Waals surface area contributed by atoms with Crippen LogP contribution in [0.2, 0.25) is 0 Å². The van der Waals surface area contributed by atoms with Gasteiger partial charge in [0.25, 0.3) is 5.91 Å². The van der Waals surface area contributed by atoms with Gasteiger partial charge in [0.05, 0.1) is 11.2 Å². The maximum absolute atomic E-state index is 12.6. The third kappa shape index (κ3) is 3.51. The minimum Gasteiger partial charge on any atom is -0.366 e. The molecule has 1 aliphatic heterocycles. The SMILES string of the molecule is CC1(C)CN(C(=O)c2cccc(S)c2)CC(C)(C)O1. The predicted molar refractivity (Wildman–Crippen MR) is 78.8 cm³/mol. The molecule has 1 aromatic rings. The number of amides is 1. The zero-order valence-corrected chi connectivity index (χ0v) is 12.8. The summed E-state index contributed by atoms with van der Waals surface area (Å²) >= 11 is 4.29. The molecule has 1 heterocycles. The molecule has 0 atom stereocenters. The van der Waals surface area contributed by atoms with Crippen molar-refractivity contribution in [2.45, 2.75) is 43.8 Å². The van der Waals surface area contributed by atoms with Crippen molar-refractivity contribution in [2.24, 2.45) is 0 Å². The molecular formula is C15H21NO2S. The molecule has 0 aliphatic carbocycles. The fraction of sp³-hybridized carbons (Fsp3) is 0.533. The van der Waals surface area contributed by atoms with Crippen LogP contribution >= 0.6 is 12.6 Å². The minimum atomic E-state index is -0.323. The monoisotopic (exact) mass is 279 g/mol. The Labute approximate surface area is 120 Å². The highest BCUT2D eigenvalue weighted by atomic mass is 32.1. The highest BCUT2D eigenvalue weighted by molar-refractivity contribution is 7.80. The van der Waals surface area contributed by atoms with Gasteiger partial charge < -0.3 is 9.64 Å². The van der Waals surface area contributed by atoms with Gasteiger partial charge in [-0.15, -0.1) is 12.6 Å². The molecule has 0 radical (unpaired) electrons. The van der Waals surface area contributed by atoms with Crippen LogP contribution < -0.4 is 0 Å². The van der Waals surface area contributed by atoms with Gasteiger partial charge in [0.2, 0.25) is 0 Å². The van der Waals surface area contributed by atoms with Crippen LogP contribution in [0.15, 0.2) is 29.2 Å². The Morgan fingerprint density at radius 2 is 1.79 bits per heavy atom. The van der Waals surface area contributed by atoms with Gasteiger partial charge in [-0.2, -0.15) is 0 Å². The molecule has 1 aromatic carbocycles. The van der Waals surface area contributed by atoms with E-state index < -0.39 is 0 Å². The molecule has 0 spiro atoms. The quantitative estimate of drug-likeness (QED) is 0.801. The predicted octanol–water partition coefficient (Wildman–Crippen LogP) is 3.00. The molecular weight excluding hydrogens is 258 g/mol. The van der Waals surface area contributed by atoms with E-state index in [4.69, 9.17) is 4.74 Å². The zero-order valence-electron chi connectivity index (χ0n) is 11.9. The smallest absolute Gasteiger partial charge is 0.254 e. The average molecular weight is 279 g/mol. The van der Waals surface area contributed by atoms with Crippen molar-refractivity contribution >= 4 is 18.5 Å². The van der Waals surface area contributed by atoms with Crippen molar-refractivity contribution in [3.63, 3.8) is 0 Å². The summed E-state index contributed by atoms with van der Waals surface area (Å²) in [6.07, 6.45) is 0. The lowest BCUT2D eigenvalue weighted by Gasteiger charge is -2.47. The number of thiol groups is 1. The number of hydrogen-bond acceptors (Lipinski definition) is 3. The van der Waals surface area contributed by atoms with Crippen LogP contribution in [0, 0.1) is 0 Å². The molecule has 3 nitrogen and oxygen atoms in total. The van der Waals surface area contributed by atoms with Gasteiger partial charge in [-0.25, -0.2) is 0 Å². The van der Waals surface area contributed by atoms with Crippen molar-refractivity contribution in [1.82, 2.24) is 4.90 Å². The van der Waals surface area contributed by atoms with Gasteiger partial charge in [0.1, 0.15) is 0 Å². The standard InChI is InChI=1S/C15H21NO2S/c1-14(2)9-16(10-15(3,4)18-14)13(17)11-6-5-7-12(19)8-11/h5-8,19H,9-10H2,1-4H3. The molecule has 0 unspecified atom stereocenters. The average Bonchev–Trinajstić information content (AvgIpc) is 2.23. The Balaban J connectivity index is 2.24. The van der Waals surface area contributed by atoms with Crippen LogP contribution in [0.25, 0.3) is 0 Å². The first kappa shape index (κ1) is 14.4. The second-order valence-corrected chi connectivity index (χ2v) is 6.85.